The fourth-order valence-electron chi connectivity index (χ4n) is 1.24. The molecule has 90 valence electrons. The van der Waals surface area contributed by atoms with Gasteiger partial charge in [0.25, 0.3) is 0 Å². The molecule has 0 aliphatic rings. The zero-order valence-corrected chi connectivity index (χ0v) is 10.5. The van der Waals surface area contributed by atoms with Crippen LogP contribution < -0.4 is 0 Å². The molecule has 0 aliphatic carbocycles. The highest BCUT2D eigenvalue weighted by Gasteiger charge is 2.01. The maximum atomic E-state index is 5.46. The third-order valence-corrected chi connectivity index (χ3v) is 3.01. The normalized spacial score (nSPS) is 11.4. The Balaban J connectivity index is 2.03. The van der Waals surface area contributed by atoms with Crippen molar-refractivity contribution in [3.63, 3.8) is 0 Å². The van der Waals surface area contributed by atoms with Crippen LogP contribution in [0.4, 0.5) is 5.13 Å². The van der Waals surface area contributed by atoms with E-state index in [1.54, 1.807) is 13.3 Å². The van der Waals surface area contributed by atoms with Gasteiger partial charge in [0.1, 0.15) is 23.1 Å². The lowest BCUT2D eigenvalue weighted by Crippen LogP contribution is -1.82. The molecule has 0 unspecified atom stereocenters. The molecule has 0 saturated heterocycles. The number of ether oxygens (including phenoxy) is 1. The third-order valence-electron chi connectivity index (χ3n) is 2.03. The topological polar surface area (TPSA) is 60.5 Å². The van der Waals surface area contributed by atoms with Crippen LogP contribution >= 0.6 is 11.3 Å². The Bertz CT molecular complexity index is 504. The molecule has 0 aromatic carbocycles. The molecule has 17 heavy (non-hydrogen) atoms. The lowest BCUT2D eigenvalue weighted by molar-refractivity contribution is 0.164. The van der Waals surface area contributed by atoms with Gasteiger partial charge in [0.15, 0.2) is 0 Å². The quantitative estimate of drug-likeness (QED) is 0.766. The van der Waals surface area contributed by atoms with E-state index in [0.29, 0.717) is 17.5 Å². The van der Waals surface area contributed by atoms with Crippen molar-refractivity contribution in [2.45, 2.75) is 20.0 Å². The molecule has 0 aliphatic heterocycles. The van der Waals surface area contributed by atoms with Crippen molar-refractivity contribution in [2.24, 2.45) is 4.99 Å². The van der Waals surface area contributed by atoms with Crippen molar-refractivity contribution < 1.29 is 9.15 Å². The smallest absolute Gasteiger partial charge is 0.231 e. The monoisotopic (exact) mass is 251 g/mol. The molecule has 2 aromatic heterocycles. The van der Waals surface area contributed by atoms with Crippen molar-refractivity contribution in [2.75, 3.05) is 7.11 Å². The van der Waals surface area contributed by atoms with E-state index < -0.39 is 0 Å². The Morgan fingerprint density at radius 3 is 3.06 bits per heavy atom. The molecule has 0 atom stereocenters. The first-order valence-electron chi connectivity index (χ1n) is 5.26. The number of aliphatic imine (C=N–C) groups is 1. The Morgan fingerprint density at radius 2 is 2.35 bits per heavy atom. The van der Waals surface area contributed by atoms with Gasteiger partial charge in [0.05, 0.1) is 6.21 Å². The molecular formula is C11H13N3O2S. The second kappa shape index (κ2) is 5.70. The standard InChI is InChI=1S/C11H13N3O2S/c1-3-10-13-14-11(17-10)12-6-8-4-5-9(16-8)7-15-2/h4-6H,3,7H2,1-2H3. The molecule has 2 rings (SSSR count). The van der Waals surface area contributed by atoms with Crippen molar-refractivity contribution >= 4 is 22.7 Å². The van der Waals surface area contributed by atoms with Gasteiger partial charge < -0.3 is 9.15 Å². The van der Waals surface area contributed by atoms with E-state index in [0.717, 1.165) is 17.2 Å². The zero-order valence-electron chi connectivity index (χ0n) is 9.71. The average molecular weight is 251 g/mol. The van der Waals surface area contributed by atoms with E-state index in [1.807, 2.05) is 19.1 Å². The molecule has 5 nitrogen and oxygen atoms in total. The minimum atomic E-state index is 0.465. The molecule has 0 saturated carbocycles. The van der Waals surface area contributed by atoms with E-state index in [-0.39, 0.29) is 0 Å². The number of aryl methyl sites for hydroxylation is 1. The zero-order chi connectivity index (χ0) is 12.1. The molecule has 0 amide bonds. The largest absolute Gasteiger partial charge is 0.458 e. The molecule has 2 heterocycles. The Hall–Kier alpha value is -1.53. The summed E-state index contributed by atoms with van der Waals surface area (Å²) in [5.41, 5.74) is 0. The number of rotatable bonds is 5. The lowest BCUT2D eigenvalue weighted by Gasteiger charge is -1.90. The third kappa shape index (κ3) is 3.21. The first kappa shape index (κ1) is 11.9. The van der Waals surface area contributed by atoms with Gasteiger partial charge in [-0.25, -0.2) is 4.99 Å². The SMILES string of the molecule is CCc1nnc(N=Cc2ccc(COC)o2)s1. The molecular weight excluding hydrogens is 238 g/mol. The van der Waals surface area contributed by atoms with Gasteiger partial charge in [0, 0.05) is 7.11 Å². The maximum absolute atomic E-state index is 5.46. The van der Waals surface area contributed by atoms with Gasteiger partial charge >= 0.3 is 0 Å². The molecule has 0 radical (unpaired) electrons. The van der Waals surface area contributed by atoms with E-state index >= 15 is 0 Å². The maximum Gasteiger partial charge on any atom is 0.231 e. The van der Waals surface area contributed by atoms with Crippen LogP contribution in [0.5, 0.6) is 0 Å². The molecule has 2 aromatic rings. The Labute approximate surface area is 103 Å². The number of hydrogen-bond acceptors (Lipinski definition) is 6. The molecule has 0 fully saturated rings. The minimum absolute atomic E-state index is 0.465. The van der Waals surface area contributed by atoms with Gasteiger partial charge in [-0.05, 0) is 18.6 Å². The Kier molecular flexibility index (Phi) is 4.00. The van der Waals surface area contributed by atoms with Crippen LogP contribution in [0.3, 0.4) is 0 Å². The fourth-order valence-corrected chi connectivity index (χ4v) is 1.87. The van der Waals surface area contributed by atoms with Crippen LogP contribution in [-0.4, -0.2) is 23.5 Å². The number of furan rings is 1. The second-order valence-electron chi connectivity index (χ2n) is 3.33. The van der Waals surface area contributed by atoms with Crippen LogP contribution in [-0.2, 0) is 17.8 Å². The van der Waals surface area contributed by atoms with Crippen LogP contribution in [0.2, 0.25) is 0 Å². The number of nitrogens with zero attached hydrogens (tertiary/aromatic N) is 3. The van der Waals surface area contributed by atoms with Gasteiger partial charge in [-0.1, -0.05) is 18.3 Å². The van der Waals surface area contributed by atoms with Crippen LogP contribution in [0.1, 0.15) is 23.5 Å². The summed E-state index contributed by atoms with van der Waals surface area (Å²) in [6, 6.07) is 3.71. The summed E-state index contributed by atoms with van der Waals surface area (Å²) in [6.45, 7) is 2.50. The van der Waals surface area contributed by atoms with Crippen molar-refractivity contribution in [1.29, 1.82) is 0 Å². The summed E-state index contributed by atoms with van der Waals surface area (Å²) >= 11 is 1.48. The summed E-state index contributed by atoms with van der Waals surface area (Å²) < 4.78 is 10.4. The van der Waals surface area contributed by atoms with E-state index in [4.69, 9.17) is 9.15 Å². The summed E-state index contributed by atoms with van der Waals surface area (Å²) in [7, 11) is 1.63. The summed E-state index contributed by atoms with van der Waals surface area (Å²) in [6.07, 6.45) is 2.52. The summed E-state index contributed by atoms with van der Waals surface area (Å²) in [5.74, 6) is 1.46. The van der Waals surface area contributed by atoms with Gasteiger partial charge in [-0.3, -0.25) is 0 Å². The van der Waals surface area contributed by atoms with Crippen molar-refractivity contribution in [3.05, 3.63) is 28.7 Å². The van der Waals surface area contributed by atoms with Gasteiger partial charge in [0.2, 0.25) is 5.13 Å². The fraction of sp³-hybridized carbons (Fsp3) is 0.364. The highest BCUT2D eigenvalue weighted by Crippen LogP contribution is 2.18. The highest BCUT2D eigenvalue weighted by molar-refractivity contribution is 7.14. The number of methoxy groups -OCH3 is 1. The minimum Gasteiger partial charge on any atom is -0.458 e. The Morgan fingerprint density at radius 1 is 1.47 bits per heavy atom. The van der Waals surface area contributed by atoms with Crippen LogP contribution in [0, 0.1) is 0 Å². The highest BCUT2D eigenvalue weighted by atomic mass is 32.1. The first-order valence-corrected chi connectivity index (χ1v) is 6.07. The predicted octanol–water partition coefficient (Wildman–Crippen LogP) is 2.59. The van der Waals surface area contributed by atoms with Gasteiger partial charge in [-0.15, -0.1) is 10.2 Å². The first-order chi connectivity index (χ1) is 8.31. The molecule has 0 spiro atoms. The van der Waals surface area contributed by atoms with Crippen LogP contribution in [0.25, 0.3) is 0 Å². The second-order valence-corrected chi connectivity index (χ2v) is 4.37. The molecule has 0 N–H and O–H groups in total. The number of hydrogen-bond donors (Lipinski definition) is 0. The van der Waals surface area contributed by atoms with E-state index in [2.05, 4.69) is 15.2 Å². The molecule has 6 heteroatoms. The summed E-state index contributed by atoms with van der Waals surface area (Å²) in [4.78, 5) is 4.20. The molecule has 0 bridgehead atoms. The lowest BCUT2D eigenvalue weighted by atomic mass is 10.4. The number of aromatic nitrogens is 2. The summed E-state index contributed by atoms with van der Waals surface area (Å²) in [5, 5.41) is 9.56. The van der Waals surface area contributed by atoms with Crippen molar-refractivity contribution in [3.8, 4) is 0 Å². The van der Waals surface area contributed by atoms with Crippen molar-refractivity contribution in [1.82, 2.24) is 10.2 Å². The van der Waals surface area contributed by atoms with Gasteiger partial charge in [-0.2, -0.15) is 0 Å². The van der Waals surface area contributed by atoms with E-state index in [1.165, 1.54) is 11.3 Å². The van der Waals surface area contributed by atoms with E-state index in [9.17, 15) is 0 Å². The van der Waals surface area contributed by atoms with Crippen LogP contribution in [0.15, 0.2) is 21.5 Å². The predicted molar refractivity (Wildman–Crippen MR) is 66.0 cm³/mol. The average Bonchev–Trinajstić information content (AvgIpc) is 2.95.